The molecule has 1 atom stereocenters. The van der Waals surface area contributed by atoms with Crippen LogP contribution in [0.1, 0.15) is 52.1 Å². The molecule has 1 unspecified atom stereocenters. The molecular formula is C26H26ClN3O2. The smallest absolute Gasteiger partial charge is 0.257 e. The number of benzene rings is 3. The van der Waals surface area contributed by atoms with Crippen molar-refractivity contribution in [2.24, 2.45) is 0 Å². The Bertz CT molecular complexity index is 1110. The van der Waals surface area contributed by atoms with Crippen LogP contribution in [0.3, 0.4) is 0 Å². The molecule has 5 nitrogen and oxygen atoms in total. The highest BCUT2D eigenvalue weighted by Crippen LogP contribution is 2.29. The fraction of sp³-hybridized carbons (Fsp3) is 0.231. The second kappa shape index (κ2) is 9.88. The highest BCUT2D eigenvalue weighted by Gasteiger charge is 2.22. The van der Waals surface area contributed by atoms with Crippen molar-refractivity contribution in [3.8, 4) is 0 Å². The Kier molecular flexibility index (Phi) is 6.76. The van der Waals surface area contributed by atoms with Crippen molar-refractivity contribution >= 4 is 34.8 Å². The number of carbonyl (C=O) groups is 2. The second-order valence-electron chi connectivity index (χ2n) is 7.97. The van der Waals surface area contributed by atoms with E-state index in [9.17, 15) is 9.59 Å². The number of hydrogen-bond donors (Lipinski definition) is 2. The zero-order valence-electron chi connectivity index (χ0n) is 18.0. The van der Waals surface area contributed by atoms with Gasteiger partial charge in [0.1, 0.15) is 0 Å². The number of anilines is 2. The van der Waals surface area contributed by atoms with Crippen molar-refractivity contribution in [3.05, 3.63) is 94.5 Å². The van der Waals surface area contributed by atoms with Crippen LogP contribution in [0.4, 0.5) is 11.4 Å². The molecule has 0 aliphatic carbocycles. The molecular weight excluding hydrogens is 422 g/mol. The van der Waals surface area contributed by atoms with E-state index >= 15 is 0 Å². The van der Waals surface area contributed by atoms with Gasteiger partial charge in [0.05, 0.1) is 22.2 Å². The quantitative estimate of drug-likeness (QED) is 0.510. The van der Waals surface area contributed by atoms with E-state index in [0.717, 1.165) is 37.2 Å². The number of carbonyl (C=O) groups excluding carboxylic acids is 2. The maximum atomic E-state index is 13.3. The van der Waals surface area contributed by atoms with Crippen LogP contribution in [0.15, 0.2) is 72.8 Å². The average Bonchev–Trinajstić information content (AvgIpc) is 3.34. The molecule has 1 fully saturated rings. The van der Waals surface area contributed by atoms with Gasteiger partial charge in [0.25, 0.3) is 11.8 Å². The highest BCUT2D eigenvalue weighted by atomic mass is 35.5. The summed E-state index contributed by atoms with van der Waals surface area (Å²) < 4.78 is 0. The number of nitrogens with zero attached hydrogens (tertiary/aromatic N) is 1. The molecule has 2 N–H and O–H groups in total. The fourth-order valence-electron chi connectivity index (χ4n) is 3.97. The zero-order valence-corrected chi connectivity index (χ0v) is 18.7. The molecule has 4 rings (SSSR count). The minimum Gasteiger partial charge on any atom is -0.371 e. The third-order valence-electron chi connectivity index (χ3n) is 5.71. The molecule has 1 heterocycles. The lowest BCUT2D eigenvalue weighted by atomic mass is 10.1. The summed E-state index contributed by atoms with van der Waals surface area (Å²) in [6.45, 7) is 3.80. The minimum atomic E-state index is -0.312. The van der Waals surface area contributed by atoms with E-state index in [0.29, 0.717) is 21.8 Å². The van der Waals surface area contributed by atoms with Crippen molar-refractivity contribution in [2.75, 3.05) is 23.3 Å². The van der Waals surface area contributed by atoms with Gasteiger partial charge in [-0.15, -0.1) is 0 Å². The van der Waals surface area contributed by atoms with Gasteiger partial charge in [-0.1, -0.05) is 54.1 Å². The van der Waals surface area contributed by atoms with Gasteiger partial charge < -0.3 is 15.5 Å². The SMILES string of the molecule is CC(NC(=O)c1cc(NC(=O)c2ccccc2Cl)ccc1N1CCCC1)c1ccccc1. The molecule has 0 saturated carbocycles. The molecule has 2 amide bonds. The van der Waals surface area contributed by atoms with E-state index in [2.05, 4.69) is 15.5 Å². The maximum Gasteiger partial charge on any atom is 0.257 e. The summed E-state index contributed by atoms with van der Waals surface area (Å²) >= 11 is 6.16. The molecule has 3 aromatic rings. The Labute approximate surface area is 193 Å². The Morgan fingerprint density at radius 3 is 2.28 bits per heavy atom. The van der Waals surface area contributed by atoms with Gasteiger partial charge in [0, 0.05) is 24.5 Å². The van der Waals surface area contributed by atoms with Crippen LogP contribution in [0.2, 0.25) is 5.02 Å². The standard InChI is InChI=1S/C26H26ClN3O2/c1-18(19-9-3-2-4-10-19)28-26(32)22-17-20(13-14-24(22)30-15-7-8-16-30)29-25(31)21-11-5-6-12-23(21)27/h2-6,9-14,17-18H,7-8,15-16H2,1H3,(H,28,32)(H,29,31). The van der Waals surface area contributed by atoms with Crippen LogP contribution in [-0.4, -0.2) is 24.9 Å². The number of rotatable bonds is 6. The Morgan fingerprint density at radius 2 is 1.56 bits per heavy atom. The van der Waals surface area contributed by atoms with Gasteiger partial charge in [-0.05, 0) is 55.7 Å². The Balaban J connectivity index is 1.60. The number of nitrogens with one attached hydrogen (secondary N) is 2. The Hall–Kier alpha value is -3.31. The first-order chi connectivity index (χ1) is 15.5. The van der Waals surface area contributed by atoms with Crippen LogP contribution >= 0.6 is 11.6 Å². The first-order valence-electron chi connectivity index (χ1n) is 10.8. The van der Waals surface area contributed by atoms with Crippen LogP contribution in [0.25, 0.3) is 0 Å². The third kappa shape index (κ3) is 4.94. The number of halogens is 1. The molecule has 0 spiro atoms. The Morgan fingerprint density at radius 1 is 0.875 bits per heavy atom. The van der Waals surface area contributed by atoms with Crippen molar-refractivity contribution < 1.29 is 9.59 Å². The monoisotopic (exact) mass is 447 g/mol. The van der Waals surface area contributed by atoms with Gasteiger partial charge in [0.2, 0.25) is 0 Å². The molecule has 0 bridgehead atoms. The van der Waals surface area contributed by atoms with E-state index in [-0.39, 0.29) is 17.9 Å². The van der Waals surface area contributed by atoms with Crippen LogP contribution in [-0.2, 0) is 0 Å². The van der Waals surface area contributed by atoms with Gasteiger partial charge in [-0.3, -0.25) is 9.59 Å². The van der Waals surface area contributed by atoms with Crippen molar-refractivity contribution in [1.29, 1.82) is 0 Å². The van der Waals surface area contributed by atoms with E-state index < -0.39 is 0 Å². The van der Waals surface area contributed by atoms with Crippen molar-refractivity contribution in [2.45, 2.75) is 25.8 Å². The molecule has 1 saturated heterocycles. The maximum absolute atomic E-state index is 13.3. The van der Waals surface area contributed by atoms with Crippen molar-refractivity contribution in [3.63, 3.8) is 0 Å². The summed E-state index contributed by atoms with van der Waals surface area (Å²) in [6, 6.07) is 22.1. The van der Waals surface area contributed by atoms with Gasteiger partial charge >= 0.3 is 0 Å². The van der Waals surface area contributed by atoms with Crippen molar-refractivity contribution in [1.82, 2.24) is 5.32 Å². The van der Waals surface area contributed by atoms with E-state index in [1.165, 1.54) is 0 Å². The largest absolute Gasteiger partial charge is 0.371 e. The van der Waals surface area contributed by atoms with Crippen LogP contribution < -0.4 is 15.5 Å². The third-order valence-corrected chi connectivity index (χ3v) is 6.04. The number of amides is 2. The highest BCUT2D eigenvalue weighted by molar-refractivity contribution is 6.34. The first-order valence-corrected chi connectivity index (χ1v) is 11.2. The predicted molar refractivity (Wildman–Crippen MR) is 130 cm³/mol. The van der Waals surface area contributed by atoms with Crippen LogP contribution in [0.5, 0.6) is 0 Å². The molecule has 0 aromatic heterocycles. The first kappa shape index (κ1) is 21.9. The summed E-state index contributed by atoms with van der Waals surface area (Å²) in [5.74, 6) is -0.481. The molecule has 1 aliphatic rings. The lowest BCUT2D eigenvalue weighted by Crippen LogP contribution is -2.29. The summed E-state index contributed by atoms with van der Waals surface area (Å²) in [5, 5.41) is 6.36. The second-order valence-corrected chi connectivity index (χ2v) is 8.37. The van der Waals surface area contributed by atoms with Gasteiger partial charge in [-0.25, -0.2) is 0 Å². The van der Waals surface area contributed by atoms with Gasteiger partial charge in [0.15, 0.2) is 0 Å². The zero-order chi connectivity index (χ0) is 22.5. The molecule has 164 valence electrons. The lowest BCUT2D eigenvalue weighted by Gasteiger charge is -2.23. The normalized spacial score (nSPS) is 14.1. The average molecular weight is 448 g/mol. The fourth-order valence-corrected chi connectivity index (χ4v) is 4.19. The van der Waals surface area contributed by atoms with E-state index in [1.54, 1.807) is 30.3 Å². The van der Waals surface area contributed by atoms with E-state index in [4.69, 9.17) is 11.6 Å². The molecule has 1 aliphatic heterocycles. The summed E-state index contributed by atoms with van der Waals surface area (Å²) in [4.78, 5) is 28.2. The predicted octanol–water partition coefficient (Wildman–Crippen LogP) is 5.68. The molecule has 6 heteroatoms. The number of hydrogen-bond acceptors (Lipinski definition) is 3. The molecule has 32 heavy (non-hydrogen) atoms. The van der Waals surface area contributed by atoms with Gasteiger partial charge in [-0.2, -0.15) is 0 Å². The minimum absolute atomic E-state index is 0.142. The van der Waals surface area contributed by atoms with E-state index in [1.807, 2.05) is 49.4 Å². The molecule has 3 aromatic carbocycles. The lowest BCUT2D eigenvalue weighted by molar-refractivity contribution is 0.0939. The van der Waals surface area contributed by atoms with Crippen LogP contribution in [0, 0.1) is 0 Å². The summed E-state index contributed by atoms with van der Waals surface area (Å²) in [6.07, 6.45) is 2.21. The topological polar surface area (TPSA) is 61.4 Å². The molecule has 0 radical (unpaired) electrons. The summed E-state index contributed by atoms with van der Waals surface area (Å²) in [5.41, 5.74) is 3.41. The summed E-state index contributed by atoms with van der Waals surface area (Å²) in [7, 11) is 0.